The Morgan fingerprint density at radius 3 is 1.95 bits per heavy atom. The molecule has 2 aliphatic heterocycles. The number of thioether (sulfide) groups is 2. The minimum atomic E-state index is -0.535. The van der Waals surface area contributed by atoms with E-state index in [-0.39, 0.29) is 19.3 Å². The van der Waals surface area contributed by atoms with Crippen LogP contribution in [0.3, 0.4) is 0 Å². The molecule has 2 heterocycles. The summed E-state index contributed by atoms with van der Waals surface area (Å²) < 4.78 is 1.29. The van der Waals surface area contributed by atoms with E-state index in [0.717, 1.165) is 37.3 Å². The molecule has 0 radical (unpaired) electrons. The molecule has 0 saturated carbocycles. The van der Waals surface area contributed by atoms with E-state index in [1.807, 2.05) is 23.5 Å². The van der Waals surface area contributed by atoms with Gasteiger partial charge in [0.25, 0.3) is 11.8 Å². The summed E-state index contributed by atoms with van der Waals surface area (Å²) in [6, 6.07) is 27.9. The number of rotatable bonds is 14. The highest BCUT2D eigenvalue weighted by atomic mass is 32.2. The molecule has 0 spiro atoms. The third-order valence-corrected chi connectivity index (χ3v) is 9.98. The van der Waals surface area contributed by atoms with Gasteiger partial charge in [0.15, 0.2) is 0 Å². The van der Waals surface area contributed by atoms with E-state index in [1.54, 1.807) is 0 Å². The number of anilines is 2. The van der Waals surface area contributed by atoms with Crippen molar-refractivity contribution in [1.29, 1.82) is 0 Å². The van der Waals surface area contributed by atoms with E-state index < -0.39 is 17.8 Å². The first-order chi connectivity index (χ1) is 21.1. The summed E-state index contributed by atoms with van der Waals surface area (Å²) >= 11 is 3.74. The van der Waals surface area contributed by atoms with Crippen molar-refractivity contribution in [1.82, 2.24) is 5.06 Å². The quantitative estimate of drug-likeness (QED) is 0.153. The van der Waals surface area contributed by atoms with E-state index in [9.17, 15) is 14.4 Å². The third kappa shape index (κ3) is 7.71. The Morgan fingerprint density at radius 2 is 1.33 bits per heavy atom. The van der Waals surface area contributed by atoms with E-state index in [0.29, 0.717) is 18.0 Å². The standard InChI is InChI=1S/C34H37N3O4S2/c35-21-11-23-43-34(42-22-10-2-5-18-32(40)41-37-30(38)19-20-31(37)39)33-26-14-6-8-16-28(26)36(24-25-12-3-1-4-13-25)29-17-9-7-15-27(29)33/h1,3-4,6-9,12-17H,2,5,10-11,18-24,35H2. The maximum Gasteiger partial charge on any atom is 0.333 e. The van der Waals surface area contributed by atoms with Crippen molar-refractivity contribution in [3.8, 4) is 0 Å². The number of nitrogens with two attached hydrogens (primary N) is 1. The molecule has 0 bridgehead atoms. The maximum absolute atomic E-state index is 12.2. The van der Waals surface area contributed by atoms with Crippen molar-refractivity contribution >= 4 is 58.3 Å². The highest BCUT2D eigenvalue weighted by molar-refractivity contribution is 8.22. The van der Waals surface area contributed by atoms with Gasteiger partial charge in [0.2, 0.25) is 0 Å². The summed E-state index contributed by atoms with van der Waals surface area (Å²) in [5.74, 6) is 0.421. The molecule has 0 unspecified atom stereocenters. The number of amides is 2. The smallest absolute Gasteiger partial charge is 0.333 e. The second-order valence-corrected chi connectivity index (χ2v) is 12.9. The van der Waals surface area contributed by atoms with E-state index in [4.69, 9.17) is 10.6 Å². The van der Waals surface area contributed by atoms with Gasteiger partial charge in [-0.1, -0.05) is 73.2 Å². The Morgan fingerprint density at radius 1 is 0.744 bits per heavy atom. The van der Waals surface area contributed by atoms with Gasteiger partial charge in [-0.3, -0.25) is 9.59 Å². The lowest BCUT2D eigenvalue weighted by Crippen LogP contribution is -2.31. The molecule has 224 valence electrons. The zero-order valence-corrected chi connectivity index (χ0v) is 25.8. The summed E-state index contributed by atoms with van der Waals surface area (Å²) in [7, 11) is 0. The molecule has 43 heavy (non-hydrogen) atoms. The van der Waals surface area contributed by atoms with E-state index in [2.05, 4.69) is 83.8 Å². The van der Waals surface area contributed by atoms with Gasteiger partial charge in [-0.15, -0.1) is 28.6 Å². The SMILES string of the molecule is NCCCSC(SCCCCCC(=O)ON1C(=O)CCC1=O)=C1c2ccccc2N(Cc2ccccc2)c2ccccc21. The predicted octanol–water partition coefficient (Wildman–Crippen LogP) is 7.04. The Kier molecular flexibility index (Phi) is 11.0. The van der Waals surface area contributed by atoms with Gasteiger partial charge in [0, 0.05) is 58.1 Å². The summed E-state index contributed by atoms with van der Waals surface area (Å²) in [5, 5.41) is 0.621. The lowest BCUT2D eigenvalue weighted by Gasteiger charge is -2.35. The third-order valence-electron chi connectivity index (χ3n) is 7.35. The van der Waals surface area contributed by atoms with Gasteiger partial charge in [0.1, 0.15) is 0 Å². The first kappa shape index (κ1) is 30.9. The van der Waals surface area contributed by atoms with Gasteiger partial charge < -0.3 is 15.5 Å². The molecule has 3 aromatic carbocycles. The number of carbonyl (C=O) groups excluding carboxylic acids is 3. The molecule has 7 nitrogen and oxygen atoms in total. The van der Waals surface area contributed by atoms with Crippen LogP contribution in [0.25, 0.3) is 5.57 Å². The molecule has 3 aromatic rings. The normalized spacial score (nSPS) is 14.1. The molecule has 1 fully saturated rings. The summed E-state index contributed by atoms with van der Waals surface area (Å²) in [6.45, 7) is 1.44. The Labute approximate surface area is 261 Å². The second kappa shape index (κ2) is 15.3. The van der Waals surface area contributed by atoms with Gasteiger partial charge in [-0.05, 0) is 55.0 Å². The van der Waals surface area contributed by atoms with E-state index in [1.165, 1.54) is 37.9 Å². The average molecular weight is 616 g/mol. The zero-order chi connectivity index (χ0) is 30.0. The number of nitrogens with zero attached hydrogens (tertiary/aromatic N) is 2. The van der Waals surface area contributed by atoms with Crippen LogP contribution in [0.5, 0.6) is 0 Å². The summed E-state index contributed by atoms with van der Waals surface area (Å²) in [5.41, 5.74) is 13.3. The Hall–Kier alpha value is -3.53. The van der Waals surface area contributed by atoms with Crippen LogP contribution in [0.2, 0.25) is 0 Å². The van der Waals surface area contributed by atoms with E-state index >= 15 is 0 Å². The Balaban J connectivity index is 1.30. The number of hydrogen-bond donors (Lipinski definition) is 1. The van der Waals surface area contributed by atoms with Crippen LogP contribution in [0.15, 0.2) is 83.1 Å². The van der Waals surface area contributed by atoms with Gasteiger partial charge in [-0.2, -0.15) is 0 Å². The fourth-order valence-electron chi connectivity index (χ4n) is 5.22. The summed E-state index contributed by atoms with van der Waals surface area (Å²) in [4.78, 5) is 42.9. The highest BCUT2D eigenvalue weighted by Gasteiger charge is 2.32. The van der Waals surface area contributed by atoms with Crippen LogP contribution in [-0.2, 0) is 25.8 Å². The largest absolute Gasteiger partial charge is 0.336 e. The van der Waals surface area contributed by atoms with Gasteiger partial charge in [0.05, 0.1) is 0 Å². The van der Waals surface area contributed by atoms with Crippen LogP contribution in [-0.4, -0.2) is 40.9 Å². The zero-order valence-electron chi connectivity index (χ0n) is 24.2. The first-order valence-electron chi connectivity index (χ1n) is 14.8. The molecule has 2 amide bonds. The lowest BCUT2D eigenvalue weighted by molar-refractivity contribution is -0.197. The van der Waals surface area contributed by atoms with Crippen LogP contribution >= 0.6 is 23.5 Å². The van der Waals surface area contributed by atoms with Crippen molar-refractivity contribution in [3.63, 3.8) is 0 Å². The monoisotopic (exact) mass is 615 g/mol. The van der Waals surface area contributed by atoms with Crippen molar-refractivity contribution in [3.05, 3.63) is 99.8 Å². The van der Waals surface area contributed by atoms with Crippen LogP contribution < -0.4 is 10.6 Å². The minimum absolute atomic E-state index is 0.102. The highest BCUT2D eigenvalue weighted by Crippen LogP contribution is 2.50. The Bertz CT molecular complexity index is 1410. The molecular formula is C34H37N3O4S2. The number of unbranched alkanes of at least 4 members (excludes halogenated alkanes) is 2. The molecule has 5 rings (SSSR count). The molecule has 0 aromatic heterocycles. The van der Waals surface area contributed by atoms with Crippen molar-refractivity contribution in [2.75, 3.05) is 23.0 Å². The number of carbonyl (C=O) groups is 3. The topological polar surface area (TPSA) is 92.9 Å². The predicted molar refractivity (Wildman–Crippen MR) is 175 cm³/mol. The minimum Gasteiger partial charge on any atom is -0.336 e. The van der Waals surface area contributed by atoms with Gasteiger partial charge >= 0.3 is 5.97 Å². The molecule has 0 atom stereocenters. The van der Waals surface area contributed by atoms with Crippen LogP contribution in [0.4, 0.5) is 11.4 Å². The fraction of sp³-hybridized carbons (Fsp3) is 0.324. The number of hydrogen-bond acceptors (Lipinski definition) is 8. The molecule has 0 aliphatic carbocycles. The number of para-hydroxylation sites is 2. The maximum atomic E-state index is 12.2. The molecular weight excluding hydrogens is 579 g/mol. The number of benzene rings is 3. The first-order valence-corrected chi connectivity index (χ1v) is 16.8. The number of fused-ring (bicyclic) bond motifs is 2. The van der Waals surface area contributed by atoms with Gasteiger partial charge in [-0.25, -0.2) is 4.79 Å². The van der Waals surface area contributed by atoms with Crippen molar-refractivity contribution in [2.24, 2.45) is 5.73 Å². The molecule has 1 saturated heterocycles. The fourth-order valence-corrected chi connectivity index (χ4v) is 7.82. The molecule has 9 heteroatoms. The number of imide groups is 1. The molecule has 2 aliphatic rings. The van der Waals surface area contributed by atoms with Crippen molar-refractivity contribution in [2.45, 2.75) is 51.5 Å². The average Bonchev–Trinajstić information content (AvgIpc) is 3.34. The van der Waals surface area contributed by atoms with Crippen LogP contribution in [0.1, 0.15) is 61.6 Å². The number of hydroxylamine groups is 2. The van der Waals surface area contributed by atoms with Crippen molar-refractivity contribution < 1.29 is 19.2 Å². The lowest BCUT2D eigenvalue weighted by atomic mass is 9.91. The van der Waals surface area contributed by atoms with Crippen LogP contribution in [0, 0.1) is 0 Å². The molecule has 2 N–H and O–H groups in total. The second-order valence-electron chi connectivity index (χ2n) is 10.5. The summed E-state index contributed by atoms with van der Waals surface area (Å²) in [6.07, 6.45) is 3.74.